The highest BCUT2D eigenvalue weighted by Gasteiger charge is 2.41. The van der Waals surface area contributed by atoms with E-state index in [0.717, 1.165) is 25.8 Å². The van der Waals surface area contributed by atoms with Crippen molar-refractivity contribution in [2.75, 3.05) is 20.1 Å². The van der Waals surface area contributed by atoms with E-state index in [1.165, 1.54) is 13.0 Å². The lowest BCUT2D eigenvalue weighted by Crippen LogP contribution is -2.51. The van der Waals surface area contributed by atoms with Gasteiger partial charge in [0.15, 0.2) is 0 Å². The van der Waals surface area contributed by atoms with Crippen LogP contribution in [0, 0.1) is 0 Å². The van der Waals surface area contributed by atoms with Gasteiger partial charge in [-0.3, -0.25) is 10.1 Å². The van der Waals surface area contributed by atoms with E-state index in [1.54, 1.807) is 0 Å². The number of nitrogens with one attached hydrogen (secondary N) is 1. The van der Waals surface area contributed by atoms with Gasteiger partial charge in [-0.2, -0.15) is 0 Å². The van der Waals surface area contributed by atoms with Crippen LogP contribution >= 0.6 is 0 Å². The van der Waals surface area contributed by atoms with Gasteiger partial charge in [0.1, 0.15) is 0 Å². The van der Waals surface area contributed by atoms with Gasteiger partial charge in [0.2, 0.25) is 5.91 Å². The van der Waals surface area contributed by atoms with E-state index in [-0.39, 0.29) is 12.2 Å². The summed E-state index contributed by atoms with van der Waals surface area (Å²) in [4.78, 5) is 16.8. The molecule has 0 aliphatic carbocycles. The van der Waals surface area contributed by atoms with Gasteiger partial charge >= 0.3 is 0 Å². The third-order valence-corrected chi connectivity index (χ3v) is 4.07. The van der Waals surface area contributed by atoms with E-state index in [1.807, 2.05) is 0 Å². The first-order valence-corrected chi connectivity index (χ1v) is 6.94. The van der Waals surface area contributed by atoms with Crippen molar-refractivity contribution in [3.63, 3.8) is 0 Å². The minimum absolute atomic E-state index is 0.0483. The van der Waals surface area contributed by atoms with Gasteiger partial charge in [-0.15, -0.1) is 0 Å². The Hall–Kier alpha value is -0.610. The second-order valence-electron chi connectivity index (χ2n) is 5.36. The second kappa shape index (κ2) is 5.36. The molecule has 98 valence electrons. The Morgan fingerprint density at radius 2 is 2.12 bits per heavy atom. The molecule has 0 spiro atoms. The van der Waals surface area contributed by atoms with Gasteiger partial charge in [-0.1, -0.05) is 13.8 Å². The maximum absolute atomic E-state index is 12.4. The van der Waals surface area contributed by atoms with E-state index in [2.05, 4.69) is 36.0 Å². The normalized spacial score (nSPS) is 35.6. The van der Waals surface area contributed by atoms with Gasteiger partial charge < -0.3 is 9.80 Å². The van der Waals surface area contributed by atoms with Crippen molar-refractivity contribution >= 4 is 5.91 Å². The zero-order chi connectivity index (χ0) is 12.4. The summed E-state index contributed by atoms with van der Waals surface area (Å²) in [5.41, 5.74) is 0. The van der Waals surface area contributed by atoms with E-state index < -0.39 is 0 Å². The van der Waals surface area contributed by atoms with E-state index in [9.17, 15) is 4.79 Å². The molecule has 1 amide bonds. The van der Waals surface area contributed by atoms with Gasteiger partial charge in [0, 0.05) is 12.6 Å². The smallest absolute Gasteiger partial charge is 0.241 e. The molecule has 0 aromatic rings. The van der Waals surface area contributed by atoms with Gasteiger partial charge in [-0.25, -0.2) is 0 Å². The lowest BCUT2D eigenvalue weighted by Gasteiger charge is -2.38. The maximum atomic E-state index is 12.4. The molecule has 0 bridgehead atoms. The molecule has 0 radical (unpaired) electrons. The quantitative estimate of drug-likeness (QED) is 0.799. The summed E-state index contributed by atoms with van der Waals surface area (Å²) in [7, 11) is 2.15. The largest absolute Gasteiger partial charge is 0.322 e. The number of amides is 1. The first-order valence-electron chi connectivity index (χ1n) is 6.94. The number of hydrogen-bond donors (Lipinski definition) is 1. The standard InChI is InChI=1S/C13H25N3O/c1-4-11-13(17)16(12(5-2)14-11)10-7-6-8-15(3)9-10/h10-12,14H,4-9H2,1-3H3. The predicted octanol–water partition coefficient (Wildman–Crippen LogP) is 1.03. The number of rotatable bonds is 3. The fraction of sp³-hybridized carbons (Fsp3) is 0.923. The maximum Gasteiger partial charge on any atom is 0.241 e. The second-order valence-corrected chi connectivity index (χ2v) is 5.36. The Morgan fingerprint density at radius 1 is 1.35 bits per heavy atom. The molecule has 4 heteroatoms. The highest BCUT2D eigenvalue weighted by Crippen LogP contribution is 2.23. The molecular weight excluding hydrogens is 214 g/mol. The third-order valence-electron chi connectivity index (χ3n) is 4.07. The van der Waals surface area contributed by atoms with Gasteiger partial charge in [0.25, 0.3) is 0 Å². The summed E-state index contributed by atoms with van der Waals surface area (Å²) >= 11 is 0. The van der Waals surface area contributed by atoms with Crippen LogP contribution in [0.1, 0.15) is 39.5 Å². The number of likely N-dealkylation sites (N-methyl/N-ethyl adjacent to an activating group) is 1. The lowest BCUT2D eigenvalue weighted by molar-refractivity contribution is -0.133. The molecule has 2 fully saturated rings. The molecule has 2 saturated heterocycles. The van der Waals surface area contributed by atoms with Gasteiger partial charge in [0.05, 0.1) is 12.2 Å². The number of hydrogen-bond acceptors (Lipinski definition) is 3. The monoisotopic (exact) mass is 239 g/mol. The van der Waals surface area contributed by atoms with E-state index in [4.69, 9.17) is 0 Å². The molecular formula is C13H25N3O. The molecule has 4 nitrogen and oxygen atoms in total. The Bertz CT molecular complexity index is 282. The fourth-order valence-electron chi connectivity index (χ4n) is 3.13. The molecule has 0 aromatic heterocycles. The minimum Gasteiger partial charge on any atom is -0.322 e. The molecule has 2 aliphatic heterocycles. The number of carbonyl (C=O) groups is 1. The Labute approximate surface area is 104 Å². The first kappa shape index (κ1) is 12.8. The van der Waals surface area contributed by atoms with Crippen LogP contribution in [0.25, 0.3) is 0 Å². The van der Waals surface area contributed by atoms with Crippen molar-refractivity contribution in [1.82, 2.24) is 15.1 Å². The van der Waals surface area contributed by atoms with Crippen molar-refractivity contribution in [1.29, 1.82) is 0 Å². The van der Waals surface area contributed by atoms with Crippen molar-refractivity contribution in [3.05, 3.63) is 0 Å². The van der Waals surface area contributed by atoms with Crippen molar-refractivity contribution in [2.45, 2.75) is 57.8 Å². The average molecular weight is 239 g/mol. The van der Waals surface area contributed by atoms with Crippen molar-refractivity contribution in [2.24, 2.45) is 0 Å². The molecule has 2 rings (SSSR count). The third kappa shape index (κ3) is 2.47. The number of likely N-dealkylation sites (tertiary alicyclic amines) is 1. The highest BCUT2D eigenvalue weighted by atomic mass is 16.2. The summed E-state index contributed by atoms with van der Waals surface area (Å²) in [6.07, 6.45) is 4.52. The first-order chi connectivity index (χ1) is 8.17. The summed E-state index contributed by atoms with van der Waals surface area (Å²) in [5, 5.41) is 3.46. The number of carbonyl (C=O) groups excluding carboxylic acids is 1. The SMILES string of the molecule is CCC1NC(CC)N(C2CCCN(C)C2)C1=O. The highest BCUT2D eigenvalue weighted by molar-refractivity contribution is 5.84. The van der Waals surface area contributed by atoms with Crippen molar-refractivity contribution < 1.29 is 4.79 Å². The Balaban J connectivity index is 2.09. The van der Waals surface area contributed by atoms with Crippen LogP contribution in [0.5, 0.6) is 0 Å². The Kier molecular flexibility index (Phi) is 4.05. The molecule has 2 aliphatic rings. The summed E-state index contributed by atoms with van der Waals surface area (Å²) in [6, 6.07) is 0.461. The van der Waals surface area contributed by atoms with Crippen LogP contribution < -0.4 is 5.32 Å². The zero-order valence-corrected chi connectivity index (χ0v) is 11.3. The molecule has 3 atom stereocenters. The van der Waals surface area contributed by atoms with Crippen LogP contribution in [0.2, 0.25) is 0 Å². The minimum atomic E-state index is 0.0483. The molecule has 2 heterocycles. The number of piperidine rings is 1. The van der Waals surface area contributed by atoms with Crippen LogP contribution in [-0.2, 0) is 4.79 Å². The lowest BCUT2D eigenvalue weighted by atomic mass is 10.0. The van der Waals surface area contributed by atoms with Crippen LogP contribution in [0.15, 0.2) is 0 Å². The van der Waals surface area contributed by atoms with Crippen molar-refractivity contribution in [3.8, 4) is 0 Å². The average Bonchev–Trinajstić information content (AvgIpc) is 2.65. The molecule has 0 aromatic carbocycles. The van der Waals surface area contributed by atoms with E-state index >= 15 is 0 Å². The molecule has 3 unspecified atom stereocenters. The zero-order valence-electron chi connectivity index (χ0n) is 11.3. The topological polar surface area (TPSA) is 35.6 Å². The predicted molar refractivity (Wildman–Crippen MR) is 68.7 cm³/mol. The number of nitrogens with zero attached hydrogens (tertiary/aromatic N) is 2. The van der Waals surface area contributed by atoms with E-state index in [0.29, 0.717) is 11.9 Å². The summed E-state index contributed by atoms with van der Waals surface area (Å²) < 4.78 is 0. The summed E-state index contributed by atoms with van der Waals surface area (Å²) in [5.74, 6) is 0.319. The van der Waals surface area contributed by atoms with Crippen LogP contribution in [-0.4, -0.2) is 54.1 Å². The van der Waals surface area contributed by atoms with Crippen LogP contribution in [0.4, 0.5) is 0 Å². The van der Waals surface area contributed by atoms with Gasteiger partial charge in [-0.05, 0) is 39.3 Å². The molecule has 1 N–H and O–H groups in total. The molecule has 17 heavy (non-hydrogen) atoms. The molecule has 0 saturated carbocycles. The summed E-state index contributed by atoms with van der Waals surface area (Å²) in [6.45, 7) is 6.43. The Morgan fingerprint density at radius 3 is 2.71 bits per heavy atom. The van der Waals surface area contributed by atoms with Crippen LogP contribution in [0.3, 0.4) is 0 Å². The fourth-order valence-corrected chi connectivity index (χ4v) is 3.13.